The second-order valence-electron chi connectivity index (χ2n) is 8.22. The van der Waals surface area contributed by atoms with Crippen LogP contribution in [0.25, 0.3) is 0 Å². The summed E-state index contributed by atoms with van der Waals surface area (Å²) >= 11 is 0. The van der Waals surface area contributed by atoms with E-state index in [9.17, 15) is 18.8 Å². The molecule has 0 atom stereocenters. The zero-order valence-electron chi connectivity index (χ0n) is 17.4. The molecule has 0 radical (unpaired) electrons. The Bertz CT molecular complexity index is 935. The van der Waals surface area contributed by atoms with E-state index in [0.29, 0.717) is 5.56 Å². The summed E-state index contributed by atoms with van der Waals surface area (Å²) in [7, 11) is 0. The molecule has 4 rings (SSSR count). The summed E-state index contributed by atoms with van der Waals surface area (Å²) in [4.78, 5) is 39.7. The molecule has 0 saturated carbocycles. The Morgan fingerprint density at radius 1 is 0.871 bits per heavy atom. The fourth-order valence-electron chi connectivity index (χ4n) is 4.10. The quantitative estimate of drug-likeness (QED) is 0.726. The van der Waals surface area contributed by atoms with Crippen molar-refractivity contribution in [1.29, 1.82) is 0 Å². The molecular formula is C24H26FN3O3. The van der Waals surface area contributed by atoms with Crippen molar-refractivity contribution in [3.05, 3.63) is 71.0 Å². The number of carbonyl (C=O) groups is 3. The van der Waals surface area contributed by atoms with Gasteiger partial charge in [-0.05, 0) is 48.2 Å². The number of hydrogen-bond acceptors (Lipinski definition) is 4. The first-order valence-electron chi connectivity index (χ1n) is 10.7. The molecule has 6 nitrogen and oxygen atoms in total. The third kappa shape index (κ3) is 5.35. The summed E-state index contributed by atoms with van der Waals surface area (Å²) in [6.45, 7) is 2.79. The van der Waals surface area contributed by atoms with Crippen LogP contribution in [-0.4, -0.2) is 46.7 Å². The van der Waals surface area contributed by atoms with Crippen LogP contribution in [0.4, 0.5) is 4.39 Å². The van der Waals surface area contributed by atoms with E-state index in [1.807, 2.05) is 12.1 Å². The smallest absolute Gasteiger partial charge is 0.251 e. The van der Waals surface area contributed by atoms with Crippen LogP contribution in [0.2, 0.25) is 0 Å². The Morgan fingerprint density at radius 2 is 1.42 bits per heavy atom. The van der Waals surface area contributed by atoms with Crippen molar-refractivity contribution in [3.63, 3.8) is 0 Å². The van der Waals surface area contributed by atoms with E-state index in [2.05, 4.69) is 10.2 Å². The zero-order chi connectivity index (χ0) is 21.8. The lowest BCUT2D eigenvalue weighted by Gasteiger charge is -2.32. The van der Waals surface area contributed by atoms with Crippen molar-refractivity contribution in [2.75, 3.05) is 13.1 Å². The third-order valence-electron chi connectivity index (χ3n) is 5.95. The van der Waals surface area contributed by atoms with Crippen molar-refractivity contribution in [3.8, 4) is 0 Å². The number of rotatable bonds is 6. The molecule has 2 aliphatic rings. The maximum atomic E-state index is 13.0. The lowest BCUT2D eigenvalue weighted by molar-refractivity contribution is -0.139. The first-order chi connectivity index (χ1) is 15.0. The molecule has 0 aromatic heterocycles. The molecule has 1 N–H and O–H groups in total. The zero-order valence-corrected chi connectivity index (χ0v) is 17.4. The fourth-order valence-corrected chi connectivity index (χ4v) is 4.10. The number of imide groups is 1. The molecule has 2 aliphatic heterocycles. The summed E-state index contributed by atoms with van der Waals surface area (Å²) in [6.07, 6.45) is 2.29. The normalized spacial score (nSPS) is 17.9. The van der Waals surface area contributed by atoms with Gasteiger partial charge in [-0.2, -0.15) is 0 Å². The van der Waals surface area contributed by atoms with Gasteiger partial charge in [-0.3, -0.25) is 24.2 Å². The summed E-state index contributed by atoms with van der Waals surface area (Å²) in [5.41, 5.74) is 2.48. The number of benzene rings is 2. The van der Waals surface area contributed by atoms with Crippen molar-refractivity contribution in [2.45, 2.75) is 44.8 Å². The van der Waals surface area contributed by atoms with E-state index in [1.54, 1.807) is 24.3 Å². The first-order valence-corrected chi connectivity index (χ1v) is 10.7. The minimum absolute atomic E-state index is 0.114. The van der Waals surface area contributed by atoms with Gasteiger partial charge in [0.2, 0.25) is 11.8 Å². The number of likely N-dealkylation sites (tertiary alicyclic amines) is 2. The number of amides is 3. The van der Waals surface area contributed by atoms with Gasteiger partial charge in [0.05, 0.1) is 6.54 Å². The van der Waals surface area contributed by atoms with Crippen LogP contribution in [0.15, 0.2) is 48.5 Å². The van der Waals surface area contributed by atoms with Gasteiger partial charge in [0, 0.05) is 44.1 Å². The van der Waals surface area contributed by atoms with Gasteiger partial charge >= 0.3 is 0 Å². The molecule has 3 amide bonds. The third-order valence-corrected chi connectivity index (χ3v) is 5.95. The average molecular weight is 423 g/mol. The number of halogens is 1. The van der Waals surface area contributed by atoms with Gasteiger partial charge in [0.25, 0.3) is 5.91 Å². The van der Waals surface area contributed by atoms with Crippen molar-refractivity contribution >= 4 is 17.7 Å². The van der Waals surface area contributed by atoms with Gasteiger partial charge in [-0.25, -0.2) is 4.39 Å². The Labute approximate surface area is 181 Å². The second kappa shape index (κ2) is 9.39. The first kappa shape index (κ1) is 21.2. The standard InChI is InChI=1S/C24H26FN3O3/c25-20-7-3-17(4-8-20)15-27-13-11-21(12-14-27)26-24(31)19-5-1-18(2-6-19)16-28-22(29)9-10-23(28)30/h1-8,21H,9-16H2,(H,26,31). The van der Waals surface area contributed by atoms with Crippen molar-refractivity contribution in [2.24, 2.45) is 0 Å². The molecule has 7 heteroatoms. The summed E-state index contributed by atoms with van der Waals surface area (Å²) in [5, 5.41) is 3.10. The Kier molecular flexibility index (Phi) is 6.42. The lowest BCUT2D eigenvalue weighted by atomic mass is 10.0. The maximum Gasteiger partial charge on any atom is 0.251 e. The van der Waals surface area contributed by atoms with Crippen LogP contribution in [0.1, 0.15) is 47.2 Å². The van der Waals surface area contributed by atoms with Crippen LogP contribution in [-0.2, 0) is 22.7 Å². The van der Waals surface area contributed by atoms with Crippen LogP contribution in [0, 0.1) is 5.82 Å². The molecule has 0 spiro atoms. The Morgan fingerprint density at radius 3 is 2.03 bits per heavy atom. The molecule has 2 aromatic rings. The molecule has 2 heterocycles. The number of nitrogens with one attached hydrogen (secondary N) is 1. The van der Waals surface area contributed by atoms with E-state index in [4.69, 9.17) is 0 Å². The predicted molar refractivity (Wildman–Crippen MR) is 113 cm³/mol. The highest BCUT2D eigenvalue weighted by Crippen LogP contribution is 2.17. The van der Waals surface area contributed by atoms with Crippen molar-refractivity contribution < 1.29 is 18.8 Å². The molecule has 2 aromatic carbocycles. The SMILES string of the molecule is O=C(NC1CCN(Cc2ccc(F)cc2)CC1)c1ccc(CN2C(=O)CCC2=O)cc1. The summed E-state index contributed by atoms with van der Waals surface area (Å²) in [5.74, 6) is -0.622. The van der Waals surface area contributed by atoms with Gasteiger partial charge in [0.15, 0.2) is 0 Å². The van der Waals surface area contributed by atoms with Crippen molar-refractivity contribution in [1.82, 2.24) is 15.1 Å². The van der Waals surface area contributed by atoms with Gasteiger partial charge in [-0.1, -0.05) is 24.3 Å². The summed E-state index contributed by atoms with van der Waals surface area (Å²) in [6, 6.07) is 13.8. The summed E-state index contributed by atoms with van der Waals surface area (Å²) < 4.78 is 13.0. The minimum atomic E-state index is -0.226. The van der Waals surface area contributed by atoms with Crippen LogP contribution in [0.5, 0.6) is 0 Å². The minimum Gasteiger partial charge on any atom is -0.349 e. The molecule has 162 valence electrons. The molecule has 0 aliphatic carbocycles. The molecule has 31 heavy (non-hydrogen) atoms. The number of carbonyl (C=O) groups excluding carboxylic acids is 3. The number of piperidine rings is 1. The van der Waals surface area contributed by atoms with E-state index in [0.717, 1.165) is 43.6 Å². The van der Waals surface area contributed by atoms with Crippen LogP contribution >= 0.6 is 0 Å². The molecule has 0 unspecified atom stereocenters. The van der Waals surface area contributed by atoms with Crippen LogP contribution in [0.3, 0.4) is 0 Å². The van der Waals surface area contributed by atoms with Gasteiger partial charge in [-0.15, -0.1) is 0 Å². The van der Waals surface area contributed by atoms with E-state index in [-0.39, 0.29) is 49.0 Å². The molecule has 2 saturated heterocycles. The average Bonchev–Trinajstić information content (AvgIpc) is 3.09. The number of hydrogen-bond donors (Lipinski definition) is 1. The van der Waals surface area contributed by atoms with E-state index in [1.165, 1.54) is 17.0 Å². The highest BCUT2D eigenvalue weighted by atomic mass is 19.1. The number of nitrogens with zero attached hydrogens (tertiary/aromatic N) is 2. The molecule has 0 bridgehead atoms. The van der Waals surface area contributed by atoms with E-state index >= 15 is 0 Å². The van der Waals surface area contributed by atoms with E-state index < -0.39 is 0 Å². The lowest BCUT2D eigenvalue weighted by Crippen LogP contribution is -2.44. The monoisotopic (exact) mass is 423 g/mol. The largest absolute Gasteiger partial charge is 0.349 e. The highest BCUT2D eigenvalue weighted by molar-refractivity contribution is 6.01. The molecule has 2 fully saturated rings. The Balaban J connectivity index is 1.24. The fraction of sp³-hybridized carbons (Fsp3) is 0.375. The van der Waals surface area contributed by atoms with Gasteiger partial charge < -0.3 is 5.32 Å². The predicted octanol–water partition coefficient (Wildman–Crippen LogP) is 2.87. The molecular weight excluding hydrogens is 397 g/mol. The van der Waals surface area contributed by atoms with Crippen LogP contribution < -0.4 is 5.32 Å². The van der Waals surface area contributed by atoms with Gasteiger partial charge in [0.1, 0.15) is 5.82 Å². The maximum absolute atomic E-state index is 13.0. The second-order valence-corrected chi connectivity index (χ2v) is 8.22. The Hall–Kier alpha value is -3.06. The topological polar surface area (TPSA) is 69.7 Å². The highest BCUT2D eigenvalue weighted by Gasteiger charge is 2.28.